The Bertz CT molecular complexity index is 448. The molecule has 0 unspecified atom stereocenters. The van der Waals surface area contributed by atoms with Crippen LogP contribution in [0.4, 0.5) is 5.13 Å². The van der Waals surface area contributed by atoms with E-state index in [9.17, 15) is 9.00 Å². The van der Waals surface area contributed by atoms with Gasteiger partial charge >= 0.3 is 5.97 Å². The van der Waals surface area contributed by atoms with Gasteiger partial charge in [0, 0.05) is 40.3 Å². The minimum atomic E-state index is -0.700. The van der Waals surface area contributed by atoms with E-state index in [1.165, 1.54) is 18.4 Å². The lowest BCUT2D eigenvalue weighted by molar-refractivity contribution is 0.0594. The fourth-order valence-corrected chi connectivity index (χ4v) is 3.63. The summed E-state index contributed by atoms with van der Waals surface area (Å²) in [5.41, 5.74) is 0.388. The predicted octanol–water partition coefficient (Wildman–Crippen LogP) is 0.807. The van der Waals surface area contributed by atoms with Crippen LogP contribution in [0.15, 0.2) is 0 Å². The topological polar surface area (TPSA) is 59.5 Å². The summed E-state index contributed by atoms with van der Waals surface area (Å²) in [5.74, 6) is 0.948. The van der Waals surface area contributed by atoms with E-state index in [0.717, 1.165) is 23.1 Å². The maximum Gasteiger partial charge on any atom is 0.357 e. The quantitative estimate of drug-likeness (QED) is 0.747. The van der Waals surface area contributed by atoms with E-state index in [2.05, 4.69) is 14.6 Å². The molecule has 1 aromatic rings. The third-order valence-corrected chi connectivity index (χ3v) is 4.92. The molecule has 0 atom stereocenters. The van der Waals surface area contributed by atoms with Gasteiger partial charge in [-0.15, -0.1) is 11.3 Å². The van der Waals surface area contributed by atoms with Crippen molar-refractivity contribution in [1.82, 2.24) is 4.98 Å². The number of nitrogens with zero attached hydrogens (tertiary/aromatic N) is 2. The summed E-state index contributed by atoms with van der Waals surface area (Å²) in [5, 5.41) is 0.819. The lowest BCUT2D eigenvalue weighted by atomic mass is 10.4. The average molecular weight is 274 g/mol. The molecule has 1 fully saturated rings. The smallest absolute Gasteiger partial charge is 0.357 e. The molecule has 2 rings (SSSR count). The maximum absolute atomic E-state index is 11.4. The number of esters is 1. The minimum Gasteiger partial charge on any atom is -0.464 e. The molecule has 1 saturated heterocycles. The zero-order chi connectivity index (χ0) is 12.4. The summed E-state index contributed by atoms with van der Waals surface area (Å²) in [7, 11) is 0.652. The molecule has 94 valence electrons. The summed E-state index contributed by atoms with van der Waals surface area (Å²) in [6, 6.07) is 0. The normalized spacial score (nSPS) is 17.2. The van der Waals surface area contributed by atoms with Crippen molar-refractivity contribution in [2.75, 3.05) is 36.6 Å². The number of hydrogen-bond acceptors (Lipinski definition) is 6. The van der Waals surface area contributed by atoms with Gasteiger partial charge in [-0.1, -0.05) is 0 Å². The Morgan fingerprint density at radius 1 is 1.47 bits per heavy atom. The summed E-state index contributed by atoms with van der Waals surface area (Å²) in [6.07, 6.45) is 0. The van der Waals surface area contributed by atoms with E-state index in [0.29, 0.717) is 17.2 Å². The molecule has 0 N–H and O–H groups in total. The molecule has 2 heterocycles. The molecule has 17 heavy (non-hydrogen) atoms. The highest BCUT2D eigenvalue weighted by Crippen LogP contribution is 2.26. The van der Waals surface area contributed by atoms with E-state index in [1.54, 1.807) is 0 Å². The Labute approximate surface area is 106 Å². The van der Waals surface area contributed by atoms with E-state index >= 15 is 0 Å². The monoisotopic (exact) mass is 274 g/mol. The Hall–Kier alpha value is -0.950. The number of aromatic nitrogens is 1. The number of thiazole rings is 1. The minimum absolute atomic E-state index is 0.388. The van der Waals surface area contributed by atoms with Crippen LogP contribution in [-0.2, 0) is 15.5 Å². The Morgan fingerprint density at radius 3 is 2.71 bits per heavy atom. The Kier molecular flexibility index (Phi) is 3.78. The van der Waals surface area contributed by atoms with E-state index in [-0.39, 0.29) is 0 Å². The summed E-state index contributed by atoms with van der Waals surface area (Å²) < 4.78 is 15.9. The fourth-order valence-electron chi connectivity index (χ4n) is 1.63. The molecule has 0 aromatic carbocycles. The number of ether oxygens (including phenoxy) is 1. The highest BCUT2D eigenvalue weighted by molar-refractivity contribution is 7.85. The lowest BCUT2D eigenvalue weighted by Gasteiger charge is -2.25. The predicted molar refractivity (Wildman–Crippen MR) is 68.3 cm³/mol. The average Bonchev–Trinajstić information content (AvgIpc) is 2.71. The number of anilines is 1. The van der Waals surface area contributed by atoms with Crippen LogP contribution in [0.5, 0.6) is 0 Å². The second-order valence-corrected chi connectivity index (χ2v) is 6.61. The van der Waals surface area contributed by atoms with Crippen LogP contribution in [0.1, 0.15) is 15.4 Å². The molecule has 0 bridgehead atoms. The lowest BCUT2D eigenvalue weighted by Crippen LogP contribution is -2.37. The Balaban J connectivity index is 2.17. The van der Waals surface area contributed by atoms with Gasteiger partial charge in [-0.25, -0.2) is 9.78 Å². The number of aryl methyl sites for hydroxylation is 1. The summed E-state index contributed by atoms with van der Waals surface area (Å²) in [4.78, 5) is 18.7. The van der Waals surface area contributed by atoms with Crippen LogP contribution in [0.3, 0.4) is 0 Å². The maximum atomic E-state index is 11.4. The van der Waals surface area contributed by atoms with Gasteiger partial charge in [0.2, 0.25) is 0 Å². The molecule has 0 aliphatic carbocycles. The second kappa shape index (κ2) is 5.14. The summed E-state index contributed by atoms with van der Waals surface area (Å²) >= 11 is 1.48. The number of carbonyl (C=O) groups excluding carboxylic acids is 1. The van der Waals surface area contributed by atoms with Gasteiger partial charge in [-0.2, -0.15) is 0 Å². The van der Waals surface area contributed by atoms with Crippen molar-refractivity contribution in [3.8, 4) is 0 Å². The largest absolute Gasteiger partial charge is 0.464 e. The number of carbonyl (C=O) groups is 1. The van der Waals surface area contributed by atoms with Crippen molar-refractivity contribution >= 4 is 33.2 Å². The molecule has 1 aliphatic rings. The standard InChI is InChI=1S/C10H14N2O3S2/c1-7-8(9(13)15-2)11-10(16-7)12-3-5-17(14)6-4-12/h3-6H2,1-2H3. The molecule has 0 amide bonds. The van der Waals surface area contributed by atoms with Gasteiger partial charge in [-0.3, -0.25) is 4.21 Å². The summed E-state index contributed by atoms with van der Waals surface area (Å²) in [6.45, 7) is 3.33. The second-order valence-electron chi connectivity index (χ2n) is 3.73. The van der Waals surface area contributed by atoms with Crippen molar-refractivity contribution in [3.63, 3.8) is 0 Å². The SMILES string of the molecule is COC(=O)c1nc(N2CCS(=O)CC2)sc1C. The van der Waals surface area contributed by atoms with Crippen molar-refractivity contribution in [3.05, 3.63) is 10.6 Å². The molecule has 1 aromatic heterocycles. The van der Waals surface area contributed by atoms with Gasteiger partial charge in [0.15, 0.2) is 10.8 Å². The van der Waals surface area contributed by atoms with E-state index in [1.807, 2.05) is 6.92 Å². The van der Waals surface area contributed by atoms with Crippen LogP contribution >= 0.6 is 11.3 Å². The third-order valence-electron chi connectivity index (χ3n) is 2.61. The molecule has 0 radical (unpaired) electrons. The third kappa shape index (κ3) is 2.66. The van der Waals surface area contributed by atoms with Gasteiger partial charge in [0.05, 0.1) is 7.11 Å². The number of hydrogen-bond donors (Lipinski definition) is 0. The van der Waals surface area contributed by atoms with Crippen LogP contribution in [0.2, 0.25) is 0 Å². The van der Waals surface area contributed by atoms with Gasteiger partial charge in [-0.05, 0) is 6.92 Å². The molecule has 5 nitrogen and oxygen atoms in total. The first-order chi connectivity index (χ1) is 8.11. The highest BCUT2D eigenvalue weighted by atomic mass is 32.2. The van der Waals surface area contributed by atoms with Crippen LogP contribution in [0.25, 0.3) is 0 Å². The number of rotatable bonds is 2. The molecule has 0 spiro atoms. The van der Waals surface area contributed by atoms with Crippen molar-refractivity contribution in [1.29, 1.82) is 0 Å². The zero-order valence-electron chi connectivity index (χ0n) is 9.76. The van der Waals surface area contributed by atoms with Crippen molar-refractivity contribution < 1.29 is 13.7 Å². The van der Waals surface area contributed by atoms with Crippen molar-refractivity contribution in [2.24, 2.45) is 0 Å². The molecular weight excluding hydrogens is 260 g/mol. The van der Waals surface area contributed by atoms with Crippen LogP contribution in [0, 0.1) is 6.92 Å². The van der Waals surface area contributed by atoms with Crippen molar-refractivity contribution in [2.45, 2.75) is 6.92 Å². The van der Waals surface area contributed by atoms with E-state index < -0.39 is 16.8 Å². The van der Waals surface area contributed by atoms with Gasteiger partial charge in [0.1, 0.15) is 0 Å². The highest BCUT2D eigenvalue weighted by Gasteiger charge is 2.22. The molecule has 7 heteroatoms. The van der Waals surface area contributed by atoms with Crippen LogP contribution in [-0.4, -0.2) is 46.9 Å². The molecule has 1 aliphatic heterocycles. The first-order valence-corrected chi connectivity index (χ1v) is 7.58. The zero-order valence-corrected chi connectivity index (χ0v) is 11.4. The first-order valence-electron chi connectivity index (χ1n) is 5.27. The van der Waals surface area contributed by atoms with E-state index in [4.69, 9.17) is 0 Å². The first kappa shape index (κ1) is 12.5. The van der Waals surface area contributed by atoms with Gasteiger partial charge < -0.3 is 9.64 Å². The molecular formula is C10H14N2O3S2. The van der Waals surface area contributed by atoms with Crippen LogP contribution < -0.4 is 4.90 Å². The molecule has 0 saturated carbocycles. The Morgan fingerprint density at radius 2 is 2.12 bits per heavy atom. The van der Waals surface area contributed by atoms with Gasteiger partial charge in [0.25, 0.3) is 0 Å². The number of methoxy groups -OCH3 is 1. The fraction of sp³-hybridized carbons (Fsp3) is 0.600.